The number of esters is 3. The Hall–Kier alpha value is -2.45. The first-order chi connectivity index (χ1) is 14.9. The molecule has 0 spiro atoms. The van der Waals surface area contributed by atoms with E-state index in [1.165, 1.54) is 7.11 Å². The third kappa shape index (κ3) is 6.27. The van der Waals surface area contributed by atoms with Gasteiger partial charge in [-0.25, -0.2) is 4.79 Å². The van der Waals surface area contributed by atoms with Crippen LogP contribution in [0.2, 0.25) is 0 Å². The van der Waals surface area contributed by atoms with Gasteiger partial charge in [-0.1, -0.05) is 0 Å². The van der Waals surface area contributed by atoms with Crippen LogP contribution in [-0.4, -0.2) is 47.6 Å². The summed E-state index contributed by atoms with van der Waals surface area (Å²) in [5.41, 5.74) is 0.364. The van der Waals surface area contributed by atoms with Crippen molar-refractivity contribution in [1.29, 1.82) is 0 Å². The van der Waals surface area contributed by atoms with Gasteiger partial charge in [0, 0.05) is 5.92 Å². The topological polar surface area (TPSA) is 119 Å². The molecular formula is C23H30O8. The molecule has 8 nitrogen and oxygen atoms in total. The number of hydrogen-bond donors (Lipinski definition) is 2. The molecule has 31 heavy (non-hydrogen) atoms. The quantitative estimate of drug-likeness (QED) is 0.398. The lowest BCUT2D eigenvalue weighted by atomic mass is 9.82. The lowest BCUT2D eigenvalue weighted by molar-refractivity contribution is -0.149. The van der Waals surface area contributed by atoms with E-state index in [1.54, 1.807) is 24.3 Å². The summed E-state index contributed by atoms with van der Waals surface area (Å²) in [5, 5.41) is 18.5. The van der Waals surface area contributed by atoms with Crippen LogP contribution < -0.4 is 4.74 Å². The van der Waals surface area contributed by atoms with Crippen LogP contribution in [0.15, 0.2) is 24.3 Å². The zero-order valence-electron chi connectivity index (χ0n) is 17.7. The Labute approximate surface area is 181 Å². The Morgan fingerprint density at radius 2 is 1.39 bits per heavy atom. The molecule has 2 aliphatic rings. The normalized spacial score (nSPS) is 26.2. The summed E-state index contributed by atoms with van der Waals surface area (Å²) in [6, 6.07) is 6.24. The monoisotopic (exact) mass is 434 g/mol. The summed E-state index contributed by atoms with van der Waals surface area (Å²) in [5.74, 6) is -1.23. The highest BCUT2D eigenvalue weighted by Gasteiger charge is 2.32. The van der Waals surface area contributed by atoms with E-state index in [-0.39, 0.29) is 35.8 Å². The molecule has 0 amide bonds. The van der Waals surface area contributed by atoms with Crippen molar-refractivity contribution in [3.05, 3.63) is 29.8 Å². The standard InChI is InChI=1S/C23H30O8/c1-29-21(26)15-2-4-16(5-3-15)22(27)31-19-12-8-17(9-13-19)23(28)30-18-10-6-14(7-11-18)20(24)25/h8-9,12-16,18,20,24-25H,2-7,10-11H2,1H3. The number of benzene rings is 1. The lowest BCUT2D eigenvalue weighted by Crippen LogP contribution is -2.30. The van der Waals surface area contributed by atoms with Gasteiger partial charge >= 0.3 is 17.9 Å². The summed E-state index contributed by atoms with van der Waals surface area (Å²) < 4.78 is 15.7. The molecule has 8 heteroatoms. The van der Waals surface area contributed by atoms with E-state index >= 15 is 0 Å². The maximum Gasteiger partial charge on any atom is 0.338 e. The predicted molar refractivity (Wildman–Crippen MR) is 109 cm³/mol. The minimum Gasteiger partial charge on any atom is -0.469 e. The highest BCUT2D eigenvalue weighted by molar-refractivity contribution is 5.89. The van der Waals surface area contributed by atoms with Gasteiger partial charge in [-0.2, -0.15) is 0 Å². The van der Waals surface area contributed by atoms with Gasteiger partial charge in [-0.3, -0.25) is 9.59 Å². The van der Waals surface area contributed by atoms with Crippen LogP contribution in [0.4, 0.5) is 0 Å². The highest BCUT2D eigenvalue weighted by Crippen LogP contribution is 2.31. The molecule has 0 aliphatic heterocycles. The van der Waals surface area contributed by atoms with Gasteiger partial charge in [0.1, 0.15) is 11.9 Å². The summed E-state index contributed by atoms with van der Waals surface area (Å²) in [7, 11) is 1.37. The fourth-order valence-corrected chi connectivity index (χ4v) is 4.31. The zero-order chi connectivity index (χ0) is 22.4. The van der Waals surface area contributed by atoms with Crippen LogP contribution in [0.1, 0.15) is 61.7 Å². The second-order valence-corrected chi connectivity index (χ2v) is 8.37. The van der Waals surface area contributed by atoms with E-state index in [0.29, 0.717) is 62.7 Å². The molecule has 0 radical (unpaired) electrons. The van der Waals surface area contributed by atoms with Crippen molar-refractivity contribution < 1.29 is 38.8 Å². The molecule has 0 aromatic heterocycles. The van der Waals surface area contributed by atoms with Gasteiger partial charge in [-0.15, -0.1) is 0 Å². The Kier molecular flexibility index (Phi) is 8.03. The van der Waals surface area contributed by atoms with Gasteiger partial charge in [0.25, 0.3) is 0 Å². The fraction of sp³-hybridized carbons (Fsp3) is 0.609. The van der Waals surface area contributed by atoms with E-state index in [9.17, 15) is 24.6 Å². The van der Waals surface area contributed by atoms with Crippen molar-refractivity contribution in [2.24, 2.45) is 17.8 Å². The largest absolute Gasteiger partial charge is 0.469 e. The Morgan fingerprint density at radius 3 is 1.90 bits per heavy atom. The first-order valence-electron chi connectivity index (χ1n) is 10.8. The van der Waals surface area contributed by atoms with Crippen LogP contribution in [-0.2, 0) is 19.1 Å². The molecule has 0 saturated heterocycles. The van der Waals surface area contributed by atoms with Crippen LogP contribution in [0.3, 0.4) is 0 Å². The first kappa shape index (κ1) is 23.2. The predicted octanol–water partition coefficient (Wildman–Crippen LogP) is 2.60. The molecule has 2 N–H and O–H groups in total. The summed E-state index contributed by atoms with van der Waals surface area (Å²) in [6.07, 6.45) is 3.22. The third-order valence-electron chi connectivity index (χ3n) is 6.32. The van der Waals surface area contributed by atoms with Gasteiger partial charge in [0.15, 0.2) is 6.29 Å². The number of aliphatic hydroxyl groups is 2. The second-order valence-electron chi connectivity index (χ2n) is 8.37. The maximum atomic E-state index is 12.4. The van der Waals surface area contributed by atoms with Crippen LogP contribution >= 0.6 is 0 Å². The average Bonchev–Trinajstić information content (AvgIpc) is 2.79. The number of aliphatic hydroxyl groups excluding tert-OH is 1. The molecule has 2 aliphatic carbocycles. The molecule has 170 valence electrons. The van der Waals surface area contributed by atoms with Crippen molar-refractivity contribution >= 4 is 17.9 Å². The lowest BCUT2D eigenvalue weighted by Gasteiger charge is -2.29. The average molecular weight is 434 g/mol. The van der Waals surface area contributed by atoms with Crippen LogP contribution in [0.25, 0.3) is 0 Å². The molecule has 0 heterocycles. The van der Waals surface area contributed by atoms with Crippen LogP contribution in [0.5, 0.6) is 5.75 Å². The van der Waals surface area contributed by atoms with E-state index in [4.69, 9.17) is 14.2 Å². The summed E-state index contributed by atoms with van der Waals surface area (Å²) in [6.45, 7) is 0. The van der Waals surface area contributed by atoms with E-state index in [1.807, 2.05) is 0 Å². The van der Waals surface area contributed by atoms with Crippen molar-refractivity contribution in [2.45, 2.75) is 63.8 Å². The van der Waals surface area contributed by atoms with Gasteiger partial charge in [-0.05, 0) is 75.6 Å². The molecule has 3 rings (SSSR count). The minimum atomic E-state index is -1.32. The number of methoxy groups -OCH3 is 1. The number of carbonyl (C=O) groups is 3. The highest BCUT2D eigenvalue weighted by atomic mass is 16.5. The molecule has 1 aromatic rings. The van der Waals surface area contributed by atoms with Gasteiger partial charge in [0.2, 0.25) is 0 Å². The van der Waals surface area contributed by atoms with Crippen molar-refractivity contribution in [2.75, 3.05) is 7.11 Å². The Morgan fingerprint density at radius 1 is 0.839 bits per heavy atom. The van der Waals surface area contributed by atoms with Gasteiger partial charge < -0.3 is 24.4 Å². The molecule has 2 fully saturated rings. The summed E-state index contributed by atoms with van der Waals surface area (Å²) >= 11 is 0. The molecule has 2 saturated carbocycles. The fourth-order valence-electron chi connectivity index (χ4n) is 4.31. The first-order valence-corrected chi connectivity index (χ1v) is 10.8. The summed E-state index contributed by atoms with van der Waals surface area (Å²) in [4.78, 5) is 36.3. The molecular weight excluding hydrogens is 404 g/mol. The Balaban J connectivity index is 1.45. The van der Waals surface area contributed by atoms with Crippen molar-refractivity contribution in [3.8, 4) is 5.75 Å². The molecule has 0 bridgehead atoms. The van der Waals surface area contributed by atoms with E-state index in [2.05, 4.69) is 0 Å². The minimum absolute atomic E-state index is 0.150. The molecule has 0 atom stereocenters. The van der Waals surface area contributed by atoms with Crippen molar-refractivity contribution in [3.63, 3.8) is 0 Å². The molecule has 0 unspecified atom stereocenters. The third-order valence-corrected chi connectivity index (χ3v) is 6.32. The second kappa shape index (κ2) is 10.7. The Bertz CT molecular complexity index is 756. The van der Waals surface area contributed by atoms with Crippen LogP contribution in [0, 0.1) is 17.8 Å². The zero-order valence-corrected chi connectivity index (χ0v) is 17.7. The molecule has 1 aromatic carbocycles. The number of rotatable bonds is 6. The maximum absolute atomic E-state index is 12.4. The number of carbonyl (C=O) groups excluding carboxylic acids is 3. The van der Waals surface area contributed by atoms with E-state index < -0.39 is 12.3 Å². The smallest absolute Gasteiger partial charge is 0.338 e. The SMILES string of the molecule is COC(=O)C1CCC(C(=O)Oc2ccc(C(=O)OC3CCC(C(O)O)CC3)cc2)CC1. The number of ether oxygens (including phenoxy) is 3. The number of hydrogen-bond acceptors (Lipinski definition) is 8. The van der Waals surface area contributed by atoms with Crippen molar-refractivity contribution in [1.82, 2.24) is 0 Å². The van der Waals surface area contributed by atoms with E-state index in [0.717, 1.165) is 0 Å². The van der Waals surface area contributed by atoms with Gasteiger partial charge in [0.05, 0.1) is 24.5 Å².